The van der Waals surface area contributed by atoms with Gasteiger partial charge in [-0.15, -0.1) is 0 Å². The van der Waals surface area contributed by atoms with Gasteiger partial charge < -0.3 is 10.2 Å². The van der Waals surface area contributed by atoms with E-state index in [0.717, 1.165) is 38.8 Å². The fourth-order valence-corrected chi connectivity index (χ4v) is 2.93. The number of nitrogens with zero attached hydrogens (tertiary/aromatic N) is 1. The Kier molecular flexibility index (Phi) is 3.45. The Morgan fingerprint density at radius 1 is 1.16 bits per heavy atom. The molecule has 3 rings (SSSR count). The first kappa shape index (κ1) is 12.5. The van der Waals surface area contributed by atoms with Crippen molar-refractivity contribution in [3.63, 3.8) is 0 Å². The predicted molar refractivity (Wildman–Crippen MR) is 76.3 cm³/mol. The fourth-order valence-electron chi connectivity index (χ4n) is 2.93. The second-order valence-corrected chi connectivity index (χ2v) is 5.84. The minimum atomic E-state index is 0.144. The molecule has 2 aliphatic rings. The molecule has 3 nitrogen and oxygen atoms in total. The molecule has 0 atom stereocenters. The lowest BCUT2D eigenvalue weighted by atomic mass is 9.87. The number of carbonyl (C=O) groups excluding carboxylic acids is 1. The zero-order chi connectivity index (χ0) is 13.2. The van der Waals surface area contributed by atoms with Gasteiger partial charge in [0.15, 0.2) is 0 Å². The molecule has 1 heterocycles. The van der Waals surface area contributed by atoms with Crippen molar-refractivity contribution >= 4 is 6.03 Å². The number of hydrogen-bond acceptors (Lipinski definition) is 1. The van der Waals surface area contributed by atoms with Crippen LogP contribution in [0.5, 0.6) is 0 Å². The first-order valence-electron chi connectivity index (χ1n) is 7.35. The van der Waals surface area contributed by atoms with Crippen LogP contribution in [0.25, 0.3) is 0 Å². The minimum absolute atomic E-state index is 0.144. The lowest BCUT2D eigenvalue weighted by molar-refractivity contribution is 0.181. The molecule has 1 aliphatic carbocycles. The number of rotatable bonds is 2. The SMILES string of the molecule is Cc1ccccc1C1CCN(C(=O)NC2CC2)CC1. The highest BCUT2D eigenvalue weighted by Crippen LogP contribution is 2.30. The number of carbonyl (C=O) groups is 1. The molecule has 3 heteroatoms. The van der Waals surface area contributed by atoms with Gasteiger partial charge in [-0.3, -0.25) is 0 Å². The van der Waals surface area contributed by atoms with E-state index < -0.39 is 0 Å². The van der Waals surface area contributed by atoms with Crippen LogP contribution >= 0.6 is 0 Å². The van der Waals surface area contributed by atoms with E-state index >= 15 is 0 Å². The van der Waals surface area contributed by atoms with Crippen LogP contribution in [0.2, 0.25) is 0 Å². The van der Waals surface area contributed by atoms with Crippen LogP contribution in [0.1, 0.15) is 42.7 Å². The zero-order valence-electron chi connectivity index (χ0n) is 11.6. The number of piperidine rings is 1. The smallest absolute Gasteiger partial charge is 0.317 e. The lowest BCUT2D eigenvalue weighted by Crippen LogP contribution is -2.44. The van der Waals surface area contributed by atoms with Crippen LogP contribution in [-0.2, 0) is 0 Å². The zero-order valence-corrected chi connectivity index (χ0v) is 11.6. The number of likely N-dealkylation sites (tertiary alicyclic amines) is 1. The molecule has 2 fully saturated rings. The summed E-state index contributed by atoms with van der Waals surface area (Å²) in [4.78, 5) is 14.0. The van der Waals surface area contributed by atoms with Crippen molar-refractivity contribution in [3.05, 3.63) is 35.4 Å². The standard InChI is InChI=1S/C16H22N2O/c1-12-4-2-3-5-15(12)13-8-10-18(11-9-13)16(19)17-14-6-7-14/h2-5,13-14H,6-11H2,1H3,(H,17,19). The maximum Gasteiger partial charge on any atom is 0.317 e. The molecule has 19 heavy (non-hydrogen) atoms. The molecule has 102 valence electrons. The van der Waals surface area contributed by atoms with Gasteiger partial charge in [0.25, 0.3) is 0 Å². The first-order valence-corrected chi connectivity index (χ1v) is 7.35. The van der Waals surface area contributed by atoms with Gasteiger partial charge >= 0.3 is 6.03 Å². The molecule has 0 aromatic heterocycles. The van der Waals surface area contributed by atoms with Crippen molar-refractivity contribution in [3.8, 4) is 0 Å². The second kappa shape index (κ2) is 5.24. The lowest BCUT2D eigenvalue weighted by Gasteiger charge is -2.32. The quantitative estimate of drug-likeness (QED) is 0.869. The third-order valence-corrected chi connectivity index (χ3v) is 4.32. The number of aryl methyl sites for hydroxylation is 1. The van der Waals surface area contributed by atoms with Crippen molar-refractivity contribution in [2.45, 2.75) is 44.6 Å². The van der Waals surface area contributed by atoms with E-state index in [1.165, 1.54) is 11.1 Å². The van der Waals surface area contributed by atoms with Gasteiger partial charge in [-0.05, 0) is 49.7 Å². The summed E-state index contributed by atoms with van der Waals surface area (Å²) in [7, 11) is 0. The third kappa shape index (κ3) is 2.91. The Morgan fingerprint density at radius 2 is 1.84 bits per heavy atom. The molecule has 1 saturated heterocycles. The second-order valence-electron chi connectivity index (χ2n) is 5.84. The van der Waals surface area contributed by atoms with E-state index in [-0.39, 0.29) is 6.03 Å². The Morgan fingerprint density at radius 3 is 2.47 bits per heavy atom. The normalized spacial score (nSPS) is 20.4. The summed E-state index contributed by atoms with van der Waals surface area (Å²) in [5.74, 6) is 0.617. The molecule has 0 radical (unpaired) electrons. The largest absolute Gasteiger partial charge is 0.335 e. The Balaban J connectivity index is 1.57. The average Bonchev–Trinajstić information content (AvgIpc) is 3.23. The molecule has 0 bridgehead atoms. The summed E-state index contributed by atoms with van der Waals surface area (Å²) in [6.45, 7) is 3.95. The highest BCUT2D eigenvalue weighted by atomic mass is 16.2. The predicted octanol–water partition coefficient (Wildman–Crippen LogP) is 3.05. The number of urea groups is 1. The molecular weight excluding hydrogens is 236 g/mol. The van der Waals surface area contributed by atoms with Crippen molar-refractivity contribution < 1.29 is 4.79 Å². The van der Waals surface area contributed by atoms with Gasteiger partial charge in [0, 0.05) is 19.1 Å². The van der Waals surface area contributed by atoms with E-state index in [2.05, 4.69) is 36.5 Å². The fraction of sp³-hybridized carbons (Fsp3) is 0.562. The highest BCUT2D eigenvalue weighted by molar-refractivity contribution is 5.75. The number of nitrogens with one attached hydrogen (secondary N) is 1. The van der Waals surface area contributed by atoms with E-state index in [1.807, 2.05) is 4.90 Å². The van der Waals surface area contributed by atoms with Gasteiger partial charge in [0.1, 0.15) is 0 Å². The van der Waals surface area contributed by atoms with E-state index in [4.69, 9.17) is 0 Å². The molecule has 0 spiro atoms. The first-order chi connectivity index (χ1) is 9.24. The molecule has 1 aromatic carbocycles. The summed E-state index contributed by atoms with van der Waals surface area (Å²) in [5, 5.41) is 3.08. The summed E-state index contributed by atoms with van der Waals surface area (Å²) in [6, 6.07) is 9.24. The van der Waals surface area contributed by atoms with Crippen molar-refractivity contribution in [1.29, 1.82) is 0 Å². The van der Waals surface area contributed by atoms with Gasteiger partial charge in [0.05, 0.1) is 0 Å². The molecule has 2 amide bonds. The summed E-state index contributed by atoms with van der Waals surface area (Å²) in [5.41, 5.74) is 2.84. The monoisotopic (exact) mass is 258 g/mol. The van der Waals surface area contributed by atoms with Crippen LogP contribution in [0.15, 0.2) is 24.3 Å². The van der Waals surface area contributed by atoms with E-state index in [1.54, 1.807) is 0 Å². The molecular formula is C16H22N2O. The van der Waals surface area contributed by atoms with E-state index in [9.17, 15) is 4.79 Å². The molecule has 1 aliphatic heterocycles. The molecule has 1 saturated carbocycles. The maximum atomic E-state index is 12.0. The number of hydrogen-bond donors (Lipinski definition) is 1. The average molecular weight is 258 g/mol. The van der Waals surface area contributed by atoms with Gasteiger partial charge in [-0.1, -0.05) is 24.3 Å². The Hall–Kier alpha value is -1.51. The third-order valence-electron chi connectivity index (χ3n) is 4.32. The highest BCUT2D eigenvalue weighted by Gasteiger charge is 2.28. The maximum absolute atomic E-state index is 12.0. The summed E-state index contributed by atoms with van der Waals surface area (Å²) >= 11 is 0. The van der Waals surface area contributed by atoms with Gasteiger partial charge in [0.2, 0.25) is 0 Å². The van der Waals surface area contributed by atoms with Gasteiger partial charge in [-0.2, -0.15) is 0 Å². The summed E-state index contributed by atoms with van der Waals surface area (Å²) in [6.07, 6.45) is 4.49. The Labute approximate surface area is 115 Å². The Bertz CT molecular complexity index is 460. The van der Waals surface area contributed by atoms with Crippen LogP contribution in [0, 0.1) is 6.92 Å². The van der Waals surface area contributed by atoms with Crippen molar-refractivity contribution in [1.82, 2.24) is 10.2 Å². The van der Waals surface area contributed by atoms with Crippen LogP contribution in [-0.4, -0.2) is 30.1 Å². The van der Waals surface area contributed by atoms with E-state index in [0.29, 0.717) is 12.0 Å². The minimum Gasteiger partial charge on any atom is -0.335 e. The molecule has 1 N–H and O–H groups in total. The topological polar surface area (TPSA) is 32.3 Å². The summed E-state index contributed by atoms with van der Waals surface area (Å²) < 4.78 is 0. The van der Waals surface area contributed by atoms with Crippen LogP contribution in [0.3, 0.4) is 0 Å². The number of amides is 2. The van der Waals surface area contributed by atoms with Crippen LogP contribution in [0.4, 0.5) is 4.79 Å². The van der Waals surface area contributed by atoms with Crippen molar-refractivity contribution in [2.24, 2.45) is 0 Å². The van der Waals surface area contributed by atoms with Gasteiger partial charge in [-0.25, -0.2) is 4.79 Å². The van der Waals surface area contributed by atoms with Crippen LogP contribution < -0.4 is 5.32 Å². The molecule has 1 aromatic rings. The molecule has 0 unspecified atom stereocenters. The van der Waals surface area contributed by atoms with Crippen molar-refractivity contribution in [2.75, 3.05) is 13.1 Å². The number of benzene rings is 1.